The lowest BCUT2D eigenvalue weighted by atomic mass is 10.2. The van der Waals surface area contributed by atoms with Crippen molar-refractivity contribution in [3.05, 3.63) is 83.9 Å². The first-order valence-electron chi connectivity index (χ1n) is 9.19. The predicted octanol–water partition coefficient (Wildman–Crippen LogP) is 4.96. The first-order valence-corrected chi connectivity index (χ1v) is 9.19. The van der Waals surface area contributed by atoms with Crippen LogP contribution in [0.1, 0.15) is 22.8 Å². The first-order chi connectivity index (χ1) is 13.7. The molecule has 5 nitrogen and oxygen atoms in total. The zero-order valence-electron chi connectivity index (χ0n) is 16.1. The second kappa shape index (κ2) is 9.46. The highest BCUT2D eigenvalue weighted by molar-refractivity contribution is 6.04. The van der Waals surface area contributed by atoms with Crippen molar-refractivity contribution >= 4 is 17.3 Å². The molecule has 0 aliphatic rings. The van der Waals surface area contributed by atoms with Gasteiger partial charge in [0.05, 0.1) is 13.7 Å². The lowest BCUT2D eigenvalue weighted by molar-refractivity contribution is 0.102. The average Bonchev–Trinajstić information content (AvgIpc) is 2.73. The summed E-state index contributed by atoms with van der Waals surface area (Å²) < 4.78 is 10.9. The molecule has 5 heteroatoms. The van der Waals surface area contributed by atoms with Gasteiger partial charge in [-0.25, -0.2) is 0 Å². The number of rotatable bonds is 8. The third-order valence-corrected chi connectivity index (χ3v) is 4.18. The Morgan fingerprint density at radius 2 is 1.68 bits per heavy atom. The summed E-state index contributed by atoms with van der Waals surface area (Å²) in [7, 11) is 1.63. The van der Waals surface area contributed by atoms with E-state index in [2.05, 4.69) is 10.6 Å². The van der Waals surface area contributed by atoms with Crippen molar-refractivity contribution in [3.63, 3.8) is 0 Å². The van der Waals surface area contributed by atoms with Gasteiger partial charge in [-0.05, 0) is 55.0 Å². The summed E-state index contributed by atoms with van der Waals surface area (Å²) in [5.41, 5.74) is 3.36. The highest BCUT2D eigenvalue weighted by Gasteiger charge is 2.07. The second-order valence-electron chi connectivity index (χ2n) is 6.17. The fourth-order valence-corrected chi connectivity index (χ4v) is 2.80. The van der Waals surface area contributed by atoms with Crippen LogP contribution < -0.4 is 20.1 Å². The van der Waals surface area contributed by atoms with Crippen LogP contribution in [0.15, 0.2) is 72.8 Å². The van der Waals surface area contributed by atoms with Gasteiger partial charge in [0.25, 0.3) is 5.91 Å². The minimum Gasteiger partial charge on any atom is -0.493 e. The average molecular weight is 376 g/mol. The molecule has 0 aliphatic heterocycles. The lowest BCUT2D eigenvalue weighted by Crippen LogP contribution is -2.11. The highest BCUT2D eigenvalue weighted by Crippen LogP contribution is 2.28. The Bertz CT molecular complexity index is 926. The molecule has 28 heavy (non-hydrogen) atoms. The monoisotopic (exact) mass is 376 g/mol. The molecule has 0 saturated carbocycles. The maximum absolute atomic E-state index is 12.3. The first kappa shape index (κ1) is 19.3. The van der Waals surface area contributed by atoms with E-state index in [1.54, 1.807) is 19.2 Å². The molecule has 0 unspecified atom stereocenters. The van der Waals surface area contributed by atoms with E-state index >= 15 is 0 Å². The molecule has 0 radical (unpaired) electrons. The third-order valence-electron chi connectivity index (χ3n) is 4.18. The Hall–Kier alpha value is -3.47. The Labute approximate surface area is 165 Å². The van der Waals surface area contributed by atoms with Crippen molar-refractivity contribution in [2.75, 3.05) is 24.4 Å². The van der Waals surface area contributed by atoms with Gasteiger partial charge in [-0.3, -0.25) is 4.79 Å². The Morgan fingerprint density at radius 3 is 2.43 bits per heavy atom. The zero-order valence-corrected chi connectivity index (χ0v) is 16.1. The van der Waals surface area contributed by atoms with Gasteiger partial charge >= 0.3 is 0 Å². The summed E-state index contributed by atoms with van der Waals surface area (Å²) in [6.45, 7) is 3.15. The fourth-order valence-electron chi connectivity index (χ4n) is 2.80. The molecule has 0 atom stereocenters. The molecule has 0 spiro atoms. The maximum atomic E-state index is 12.3. The van der Waals surface area contributed by atoms with Gasteiger partial charge in [0.15, 0.2) is 11.5 Å². The molecular weight excluding hydrogens is 352 g/mol. The van der Waals surface area contributed by atoms with Gasteiger partial charge in [-0.2, -0.15) is 0 Å². The van der Waals surface area contributed by atoms with E-state index in [9.17, 15) is 4.79 Å². The minimum absolute atomic E-state index is 0.130. The van der Waals surface area contributed by atoms with Gasteiger partial charge in [-0.1, -0.05) is 30.3 Å². The topological polar surface area (TPSA) is 59.6 Å². The van der Waals surface area contributed by atoms with Crippen molar-refractivity contribution in [1.29, 1.82) is 0 Å². The summed E-state index contributed by atoms with van der Waals surface area (Å²) >= 11 is 0. The number of benzene rings is 3. The molecule has 3 rings (SSSR count). The van der Waals surface area contributed by atoms with E-state index in [0.717, 1.165) is 28.4 Å². The molecule has 144 valence electrons. The van der Waals surface area contributed by atoms with Gasteiger partial charge in [0.2, 0.25) is 0 Å². The summed E-state index contributed by atoms with van der Waals surface area (Å²) in [5.74, 6) is 1.32. The van der Waals surface area contributed by atoms with E-state index in [1.165, 1.54) is 0 Å². The largest absolute Gasteiger partial charge is 0.493 e. The summed E-state index contributed by atoms with van der Waals surface area (Å²) in [6.07, 6.45) is 0. The number of ether oxygens (including phenoxy) is 2. The fraction of sp³-hybridized carbons (Fsp3) is 0.174. The van der Waals surface area contributed by atoms with Crippen LogP contribution in [0.25, 0.3) is 0 Å². The Balaban J connectivity index is 1.65. The lowest BCUT2D eigenvalue weighted by Gasteiger charge is -2.13. The zero-order chi connectivity index (χ0) is 19.8. The SMILES string of the molecule is CCOc1cc(CNc2cccc(NC(=O)c3ccccc3)c2)ccc1OC. The van der Waals surface area contributed by atoms with Crippen molar-refractivity contribution < 1.29 is 14.3 Å². The number of nitrogens with one attached hydrogen (secondary N) is 2. The molecule has 0 fully saturated rings. The van der Waals surface area contributed by atoms with Crippen molar-refractivity contribution in [2.24, 2.45) is 0 Å². The van der Waals surface area contributed by atoms with Crippen LogP contribution in [0.5, 0.6) is 11.5 Å². The van der Waals surface area contributed by atoms with E-state index in [4.69, 9.17) is 9.47 Å². The van der Waals surface area contributed by atoms with Crippen LogP contribution in [0.3, 0.4) is 0 Å². The van der Waals surface area contributed by atoms with E-state index in [0.29, 0.717) is 18.7 Å². The number of carbonyl (C=O) groups excluding carboxylic acids is 1. The molecule has 0 aromatic heterocycles. The molecule has 2 N–H and O–H groups in total. The molecule has 1 amide bonds. The molecule has 0 bridgehead atoms. The highest BCUT2D eigenvalue weighted by atomic mass is 16.5. The van der Waals surface area contributed by atoms with E-state index < -0.39 is 0 Å². The summed E-state index contributed by atoms with van der Waals surface area (Å²) in [4.78, 5) is 12.3. The number of amides is 1. The Morgan fingerprint density at radius 1 is 0.893 bits per heavy atom. The maximum Gasteiger partial charge on any atom is 0.255 e. The number of anilines is 2. The number of methoxy groups -OCH3 is 1. The molecule has 3 aromatic rings. The third kappa shape index (κ3) is 5.04. The number of carbonyl (C=O) groups is 1. The van der Waals surface area contributed by atoms with Crippen molar-refractivity contribution in [3.8, 4) is 11.5 Å². The van der Waals surface area contributed by atoms with E-state index in [-0.39, 0.29) is 5.91 Å². The molecule has 0 aliphatic carbocycles. The van der Waals surface area contributed by atoms with Crippen LogP contribution >= 0.6 is 0 Å². The normalized spacial score (nSPS) is 10.2. The van der Waals surface area contributed by atoms with Crippen LogP contribution in [-0.4, -0.2) is 19.6 Å². The molecule has 3 aromatic carbocycles. The molecule has 0 saturated heterocycles. The van der Waals surface area contributed by atoms with Crippen molar-refractivity contribution in [2.45, 2.75) is 13.5 Å². The predicted molar refractivity (Wildman–Crippen MR) is 112 cm³/mol. The minimum atomic E-state index is -0.130. The second-order valence-corrected chi connectivity index (χ2v) is 6.17. The smallest absolute Gasteiger partial charge is 0.255 e. The summed E-state index contributed by atoms with van der Waals surface area (Å²) in [6, 6.07) is 22.7. The standard InChI is InChI=1S/C23H24N2O3/c1-3-28-22-14-17(12-13-21(22)27-2)16-24-19-10-7-11-20(15-19)25-23(26)18-8-5-4-6-9-18/h4-15,24H,3,16H2,1-2H3,(H,25,26). The number of hydrogen-bond acceptors (Lipinski definition) is 4. The quantitative estimate of drug-likeness (QED) is 0.583. The molecule has 0 heterocycles. The van der Waals surface area contributed by atoms with E-state index in [1.807, 2.05) is 67.6 Å². The van der Waals surface area contributed by atoms with Gasteiger partial charge in [0, 0.05) is 23.5 Å². The van der Waals surface area contributed by atoms with Gasteiger partial charge in [-0.15, -0.1) is 0 Å². The summed E-state index contributed by atoms with van der Waals surface area (Å²) in [5, 5.41) is 6.30. The molecular formula is C23H24N2O3. The van der Waals surface area contributed by atoms with Crippen LogP contribution in [0.2, 0.25) is 0 Å². The van der Waals surface area contributed by atoms with Crippen LogP contribution in [0, 0.1) is 0 Å². The van der Waals surface area contributed by atoms with Crippen LogP contribution in [0.4, 0.5) is 11.4 Å². The van der Waals surface area contributed by atoms with Gasteiger partial charge < -0.3 is 20.1 Å². The number of hydrogen-bond donors (Lipinski definition) is 2. The van der Waals surface area contributed by atoms with Crippen LogP contribution in [-0.2, 0) is 6.54 Å². The van der Waals surface area contributed by atoms with Gasteiger partial charge in [0.1, 0.15) is 0 Å². The Kier molecular flexibility index (Phi) is 6.52. The van der Waals surface area contributed by atoms with Crippen molar-refractivity contribution in [1.82, 2.24) is 0 Å².